The lowest BCUT2D eigenvalue weighted by molar-refractivity contribution is 0.599. The summed E-state index contributed by atoms with van der Waals surface area (Å²) >= 11 is 5.39. The van der Waals surface area contributed by atoms with E-state index in [-0.39, 0.29) is 16.9 Å². The first kappa shape index (κ1) is 5.38. The van der Waals surface area contributed by atoms with Gasteiger partial charge in [-0.3, -0.25) is 0 Å². The van der Waals surface area contributed by atoms with Gasteiger partial charge in [-0.15, -0.1) is 11.6 Å². The maximum Gasteiger partial charge on any atom is 0.276 e. The van der Waals surface area contributed by atoms with E-state index in [0.29, 0.717) is 0 Å². The molecule has 1 saturated heterocycles. The number of hydrogen-bond donors (Lipinski definition) is 0. The lowest BCUT2D eigenvalue weighted by Crippen LogP contribution is -2.36. The predicted octanol–water partition coefficient (Wildman–Crippen LogP) is 0.179. The van der Waals surface area contributed by atoms with Crippen LogP contribution in [-0.4, -0.2) is 25.3 Å². The third-order valence-corrected chi connectivity index (χ3v) is 3.40. The van der Waals surface area contributed by atoms with Crippen LogP contribution in [0, 0.1) is 0 Å². The van der Waals surface area contributed by atoms with E-state index >= 15 is 0 Å². The van der Waals surface area contributed by atoms with Crippen molar-refractivity contribution < 1.29 is 8.42 Å². The van der Waals surface area contributed by atoms with E-state index in [1.54, 1.807) is 0 Å². The summed E-state index contributed by atoms with van der Waals surface area (Å²) in [6.07, 6.45) is 0. The molecule has 0 aromatic heterocycles. The zero-order valence-corrected chi connectivity index (χ0v) is 5.21. The second-order valence-electron chi connectivity index (χ2n) is 1.70. The van der Waals surface area contributed by atoms with Crippen molar-refractivity contribution >= 4 is 21.4 Å². The molecule has 4 heteroatoms. The molecule has 0 amide bonds. The fourth-order valence-corrected chi connectivity index (χ4v) is 2.73. The molecule has 0 bridgehead atoms. The summed E-state index contributed by atoms with van der Waals surface area (Å²) in [6, 6.07) is 0. The van der Waals surface area contributed by atoms with Gasteiger partial charge >= 0.3 is 0 Å². The molecule has 2 nitrogen and oxygen atoms in total. The van der Waals surface area contributed by atoms with Crippen LogP contribution >= 0.6 is 11.6 Å². The fourth-order valence-electron chi connectivity index (χ4n) is 0.516. The Hall–Kier alpha value is 0.240. The molecule has 0 unspecified atom stereocenters. The summed E-state index contributed by atoms with van der Waals surface area (Å²) in [7, 11) is -2.41. The topological polar surface area (TPSA) is 38.5 Å². The summed E-state index contributed by atoms with van der Waals surface area (Å²) in [4.78, 5) is 0. The smallest absolute Gasteiger partial charge is 0.228 e. The Balaban J connectivity index is 2.61. The van der Waals surface area contributed by atoms with E-state index in [9.17, 15) is 4.21 Å². The molecule has 0 aliphatic carbocycles. The van der Waals surface area contributed by atoms with Crippen LogP contribution in [0.2, 0.25) is 0 Å². The van der Waals surface area contributed by atoms with E-state index < -0.39 is 9.84 Å². The summed E-state index contributed by atoms with van der Waals surface area (Å²) in [5, 5.41) is -0.0440. The second-order valence-corrected chi connectivity index (χ2v) is 4.53. The summed E-state index contributed by atoms with van der Waals surface area (Å²) in [5.74, 6) is 0.573. The SMILES string of the molecule is O=S1(=[OH+])CC(Cl)C1. The Morgan fingerprint density at radius 2 is 2.14 bits per heavy atom. The van der Waals surface area contributed by atoms with Crippen molar-refractivity contribution in [3.8, 4) is 0 Å². The predicted molar refractivity (Wildman–Crippen MR) is 29.5 cm³/mol. The molecule has 1 rings (SSSR count). The van der Waals surface area contributed by atoms with Gasteiger partial charge in [-0.25, -0.2) is 4.21 Å². The van der Waals surface area contributed by atoms with Crippen LogP contribution in [0.1, 0.15) is 0 Å². The van der Waals surface area contributed by atoms with Gasteiger partial charge in [0.15, 0.2) is 0 Å². The minimum atomic E-state index is -2.41. The molecular weight excluding hydrogens is 136 g/mol. The first-order chi connectivity index (χ1) is 3.10. The Labute approximate surface area is 47.4 Å². The number of hydrogen-bond acceptors (Lipinski definition) is 1. The second kappa shape index (κ2) is 1.36. The average Bonchev–Trinajstić information content (AvgIpc) is 1.27. The van der Waals surface area contributed by atoms with E-state index in [0.717, 1.165) is 0 Å². The van der Waals surface area contributed by atoms with Gasteiger partial charge in [0.2, 0.25) is 0 Å². The van der Waals surface area contributed by atoms with Crippen molar-refractivity contribution in [2.45, 2.75) is 5.38 Å². The Kier molecular flexibility index (Phi) is 1.04. The molecule has 0 atom stereocenters. The molecule has 7 heavy (non-hydrogen) atoms. The van der Waals surface area contributed by atoms with Crippen LogP contribution < -0.4 is 0 Å². The van der Waals surface area contributed by atoms with Gasteiger partial charge in [0.25, 0.3) is 9.84 Å². The van der Waals surface area contributed by atoms with Crippen molar-refractivity contribution in [2.24, 2.45) is 0 Å². The number of halogens is 1. The van der Waals surface area contributed by atoms with Crippen LogP contribution in [0.4, 0.5) is 0 Å². The third-order valence-electron chi connectivity index (χ3n) is 0.883. The van der Waals surface area contributed by atoms with E-state index in [1.807, 2.05) is 0 Å². The van der Waals surface area contributed by atoms with Gasteiger partial charge < -0.3 is 0 Å². The van der Waals surface area contributed by atoms with Crippen molar-refractivity contribution in [1.29, 1.82) is 0 Å². The van der Waals surface area contributed by atoms with Crippen LogP contribution in [0.15, 0.2) is 0 Å². The molecule has 0 aromatic rings. The van der Waals surface area contributed by atoms with Gasteiger partial charge in [0.1, 0.15) is 11.5 Å². The molecule has 1 fully saturated rings. The van der Waals surface area contributed by atoms with Gasteiger partial charge in [0, 0.05) is 0 Å². The maximum atomic E-state index is 10.3. The summed E-state index contributed by atoms with van der Waals surface area (Å²) < 4.78 is 18.9. The quantitative estimate of drug-likeness (QED) is 0.350. The highest BCUT2D eigenvalue weighted by molar-refractivity contribution is 7.93. The first-order valence-electron chi connectivity index (χ1n) is 1.96. The first-order valence-corrected chi connectivity index (χ1v) is 4.25. The minimum absolute atomic E-state index is 0.0440. The average molecular weight is 142 g/mol. The van der Waals surface area contributed by atoms with Crippen molar-refractivity contribution in [3.63, 3.8) is 0 Å². The maximum absolute atomic E-state index is 10.3. The highest BCUT2D eigenvalue weighted by Crippen LogP contribution is 2.15. The van der Waals surface area contributed by atoms with Gasteiger partial charge in [-0.1, -0.05) is 0 Å². The lowest BCUT2D eigenvalue weighted by atomic mass is 10.5. The molecule has 0 radical (unpaired) electrons. The van der Waals surface area contributed by atoms with Crippen LogP contribution in [0.5, 0.6) is 0 Å². The fraction of sp³-hybridized carbons (Fsp3) is 1.00. The van der Waals surface area contributed by atoms with Crippen molar-refractivity contribution in [2.75, 3.05) is 11.5 Å². The van der Waals surface area contributed by atoms with Crippen molar-refractivity contribution in [1.82, 2.24) is 0 Å². The van der Waals surface area contributed by atoms with Crippen LogP contribution in [0.25, 0.3) is 0 Å². The molecule has 1 aliphatic heterocycles. The number of rotatable bonds is 0. The molecule has 1 N–H and O–H groups in total. The molecule has 1 heterocycles. The lowest BCUT2D eigenvalue weighted by Gasteiger charge is -2.13. The van der Waals surface area contributed by atoms with Gasteiger partial charge in [-0.05, 0) is 0 Å². The highest BCUT2D eigenvalue weighted by atomic mass is 35.5. The number of alkyl halides is 1. The monoisotopic (exact) mass is 141 g/mol. The normalized spacial score (nSPS) is 50.7. The highest BCUT2D eigenvalue weighted by Gasteiger charge is 2.36. The Morgan fingerprint density at radius 3 is 2.14 bits per heavy atom. The zero-order valence-electron chi connectivity index (χ0n) is 3.63. The minimum Gasteiger partial charge on any atom is -0.228 e. The van der Waals surface area contributed by atoms with Crippen LogP contribution in [-0.2, 0) is 9.84 Å². The molecule has 0 aromatic carbocycles. The molecule has 1 aliphatic rings. The van der Waals surface area contributed by atoms with Gasteiger partial charge in [0.05, 0.1) is 5.38 Å². The summed E-state index contributed by atoms with van der Waals surface area (Å²) in [6.45, 7) is 0. The molecule has 0 spiro atoms. The molecule has 0 saturated carbocycles. The van der Waals surface area contributed by atoms with E-state index in [4.69, 9.17) is 15.8 Å². The standard InChI is InChI=1S/C3H5ClO2S/c4-3-1-7(5,6)2-3/h3H,1-2H2/p+1. The van der Waals surface area contributed by atoms with Crippen molar-refractivity contribution in [3.05, 3.63) is 0 Å². The Morgan fingerprint density at radius 1 is 1.71 bits per heavy atom. The Bertz CT molecular complexity index is 148. The third kappa shape index (κ3) is 1.07. The zero-order chi connectivity index (χ0) is 5.49. The van der Waals surface area contributed by atoms with Gasteiger partial charge in [-0.2, -0.15) is 4.21 Å². The van der Waals surface area contributed by atoms with E-state index in [2.05, 4.69) is 0 Å². The largest absolute Gasteiger partial charge is 0.276 e. The van der Waals surface area contributed by atoms with E-state index in [1.165, 1.54) is 0 Å². The summed E-state index contributed by atoms with van der Waals surface area (Å²) in [5.41, 5.74) is 0. The molecule has 42 valence electrons. The van der Waals surface area contributed by atoms with Crippen LogP contribution in [0.3, 0.4) is 0 Å². The molecular formula is C3H6ClO2S+.